The third-order valence-electron chi connectivity index (χ3n) is 4.06. The number of Topliss-reactive ketones (excluding diaryl/α,β-unsaturated/α-hetero) is 1. The summed E-state index contributed by atoms with van der Waals surface area (Å²) in [4.78, 5) is 46.9. The summed E-state index contributed by atoms with van der Waals surface area (Å²) in [6, 6.07) is 13.0. The highest BCUT2D eigenvalue weighted by molar-refractivity contribution is 6.00. The second-order valence-electron chi connectivity index (χ2n) is 6.83. The molecule has 0 aliphatic rings. The third-order valence-corrected chi connectivity index (χ3v) is 4.06. The summed E-state index contributed by atoms with van der Waals surface area (Å²) in [5.41, 5.74) is 2.14. The lowest BCUT2D eigenvalue weighted by molar-refractivity contribution is -0.119. The number of ketones is 1. The fourth-order valence-electron chi connectivity index (χ4n) is 2.31. The minimum absolute atomic E-state index is 0.110. The van der Waals surface area contributed by atoms with E-state index in [1.165, 1.54) is 6.92 Å². The van der Waals surface area contributed by atoms with Crippen LogP contribution in [0.4, 0.5) is 5.69 Å². The van der Waals surface area contributed by atoms with Crippen LogP contribution in [-0.2, 0) is 20.9 Å². The maximum atomic E-state index is 12.2. The van der Waals surface area contributed by atoms with Gasteiger partial charge < -0.3 is 15.4 Å². The van der Waals surface area contributed by atoms with Gasteiger partial charge in [0.15, 0.2) is 12.4 Å². The molecule has 0 heterocycles. The van der Waals surface area contributed by atoms with Crippen molar-refractivity contribution in [3.63, 3.8) is 0 Å². The predicted molar refractivity (Wildman–Crippen MR) is 108 cm³/mol. The Morgan fingerprint density at radius 2 is 1.48 bits per heavy atom. The van der Waals surface area contributed by atoms with Gasteiger partial charge in [-0.15, -0.1) is 0 Å². The van der Waals surface area contributed by atoms with Crippen LogP contribution < -0.4 is 10.6 Å². The summed E-state index contributed by atoms with van der Waals surface area (Å²) < 4.78 is 5.08. The molecule has 0 aliphatic carbocycles. The van der Waals surface area contributed by atoms with Gasteiger partial charge in [0.2, 0.25) is 11.8 Å². The van der Waals surface area contributed by atoms with Crippen LogP contribution in [0.3, 0.4) is 0 Å². The van der Waals surface area contributed by atoms with Gasteiger partial charge in [0.05, 0.1) is 5.56 Å². The number of nitrogens with one attached hydrogen (secondary N) is 2. The standard InChI is InChI=1S/C22H24N2O5/c1-14(2)21(27)24-19-10-8-17(9-11-19)20(26)13-29-22(28)18-6-4-16(5-7-18)12-23-15(3)25/h4-11,14H,12-13H2,1-3H3,(H,23,25)(H,24,27). The van der Waals surface area contributed by atoms with Crippen LogP contribution in [0.15, 0.2) is 48.5 Å². The Balaban J connectivity index is 1.87. The molecule has 7 heteroatoms. The second kappa shape index (κ2) is 10.2. The number of ether oxygens (including phenoxy) is 1. The van der Waals surface area contributed by atoms with Crippen molar-refractivity contribution in [2.24, 2.45) is 5.92 Å². The van der Waals surface area contributed by atoms with Gasteiger partial charge in [0.25, 0.3) is 0 Å². The Morgan fingerprint density at radius 1 is 0.897 bits per heavy atom. The fourth-order valence-corrected chi connectivity index (χ4v) is 2.31. The van der Waals surface area contributed by atoms with E-state index in [-0.39, 0.29) is 30.1 Å². The van der Waals surface area contributed by atoms with Crippen molar-refractivity contribution in [2.45, 2.75) is 27.3 Å². The third kappa shape index (κ3) is 6.88. The molecule has 0 aromatic heterocycles. The largest absolute Gasteiger partial charge is 0.454 e. The SMILES string of the molecule is CC(=O)NCc1ccc(C(=O)OCC(=O)c2ccc(NC(=O)C(C)C)cc2)cc1. The van der Waals surface area contributed by atoms with E-state index >= 15 is 0 Å². The molecule has 0 spiro atoms. The predicted octanol–water partition coefficient (Wildman–Crippen LogP) is 2.96. The van der Waals surface area contributed by atoms with Gasteiger partial charge in [-0.05, 0) is 42.0 Å². The quantitative estimate of drug-likeness (QED) is 0.528. The molecule has 0 unspecified atom stereocenters. The number of esters is 1. The highest BCUT2D eigenvalue weighted by atomic mass is 16.5. The Hall–Kier alpha value is -3.48. The monoisotopic (exact) mass is 396 g/mol. The van der Waals surface area contributed by atoms with E-state index in [0.717, 1.165) is 5.56 Å². The highest BCUT2D eigenvalue weighted by Crippen LogP contribution is 2.12. The number of carbonyl (C=O) groups is 4. The number of hydrogen-bond acceptors (Lipinski definition) is 5. The maximum absolute atomic E-state index is 12.2. The second-order valence-corrected chi connectivity index (χ2v) is 6.83. The van der Waals surface area contributed by atoms with Crippen LogP contribution in [-0.4, -0.2) is 30.2 Å². The molecule has 7 nitrogen and oxygen atoms in total. The number of hydrogen-bond donors (Lipinski definition) is 2. The average Bonchev–Trinajstić information content (AvgIpc) is 2.71. The Bertz CT molecular complexity index is 886. The van der Waals surface area contributed by atoms with Crippen LogP contribution in [0.1, 0.15) is 47.1 Å². The summed E-state index contributed by atoms with van der Waals surface area (Å²) in [6.45, 7) is 5.00. The number of amides is 2. The van der Waals surface area contributed by atoms with Crippen molar-refractivity contribution < 1.29 is 23.9 Å². The van der Waals surface area contributed by atoms with Crippen molar-refractivity contribution in [1.29, 1.82) is 0 Å². The zero-order valence-electron chi connectivity index (χ0n) is 16.7. The normalized spacial score (nSPS) is 10.3. The van der Waals surface area contributed by atoms with E-state index in [1.54, 1.807) is 62.4 Å². The van der Waals surface area contributed by atoms with Crippen LogP contribution in [0.25, 0.3) is 0 Å². The molecular formula is C22H24N2O5. The van der Waals surface area contributed by atoms with Crippen molar-refractivity contribution in [1.82, 2.24) is 5.32 Å². The Kier molecular flexibility index (Phi) is 7.65. The van der Waals surface area contributed by atoms with E-state index in [1.807, 2.05) is 0 Å². The summed E-state index contributed by atoms with van der Waals surface area (Å²) in [5, 5.41) is 5.41. The minimum atomic E-state index is -0.606. The van der Waals surface area contributed by atoms with Gasteiger partial charge in [0.1, 0.15) is 0 Å². The Morgan fingerprint density at radius 3 is 2.03 bits per heavy atom. The summed E-state index contributed by atoms with van der Waals surface area (Å²) in [5.74, 6) is -1.34. The molecule has 29 heavy (non-hydrogen) atoms. The smallest absolute Gasteiger partial charge is 0.338 e. The minimum Gasteiger partial charge on any atom is -0.454 e. The molecular weight excluding hydrogens is 372 g/mol. The van der Waals surface area contributed by atoms with E-state index in [4.69, 9.17) is 4.74 Å². The topological polar surface area (TPSA) is 102 Å². The molecule has 152 valence electrons. The van der Waals surface area contributed by atoms with Gasteiger partial charge in [-0.2, -0.15) is 0 Å². The van der Waals surface area contributed by atoms with Gasteiger partial charge in [-0.3, -0.25) is 14.4 Å². The molecule has 2 N–H and O–H groups in total. The number of benzene rings is 2. The zero-order chi connectivity index (χ0) is 21.4. The molecule has 0 fully saturated rings. The summed E-state index contributed by atoms with van der Waals surface area (Å²) in [6.07, 6.45) is 0. The first-order chi connectivity index (χ1) is 13.8. The highest BCUT2D eigenvalue weighted by Gasteiger charge is 2.13. The van der Waals surface area contributed by atoms with Crippen molar-refractivity contribution in [3.8, 4) is 0 Å². The van der Waals surface area contributed by atoms with Gasteiger partial charge in [-0.1, -0.05) is 26.0 Å². The van der Waals surface area contributed by atoms with Gasteiger partial charge >= 0.3 is 5.97 Å². The van der Waals surface area contributed by atoms with Crippen molar-refractivity contribution in [3.05, 3.63) is 65.2 Å². The molecule has 2 aromatic carbocycles. The Labute approximate surface area is 169 Å². The lowest BCUT2D eigenvalue weighted by atomic mass is 10.1. The van der Waals surface area contributed by atoms with E-state index in [9.17, 15) is 19.2 Å². The van der Waals surface area contributed by atoms with Crippen LogP contribution in [0, 0.1) is 5.92 Å². The molecule has 0 saturated heterocycles. The molecule has 0 atom stereocenters. The first-order valence-electron chi connectivity index (χ1n) is 9.21. The molecule has 2 amide bonds. The maximum Gasteiger partial charge on any atom is 0.338 e. The molecule has 0 aliphatic heterocycles. The first-order valence-corrected chi connectivity index (χ1v) is 9.21. The molecule has 0 radical (unpaired) electrons. The van der Waals surface area contributed by atoms with Crippen molar-refractivity contribution in [2.75, 3.05) is 11.9 Å². The van der Waals surface area contributed by atoms with E-state index in [0.29, 0.717) is 23.4 Å². The average molecular weight is 396 g/mol. The lowest BCUT2D eigenvalue weighted by Crippen LogP contribution is -2.19. The lowest BCUT2D eigenvalue weighted by Gasteiger charge is -2.09. The molecule has 2 aromatic rings. The summed E-state index contributed by atoms with van der Waals surface area (Å²) >= 11 is 0. The van der Waals surface area contributed by atoms with E-state index < -0.39 is 5.97 Å². The van der Waals surface area contributed by atoms with Crippen LogP contribution in [0.5, 0.6) is 0 Å². The summed E-state index contributed by atoms with van der Waals surface area (Å²) in [7, 11) is 0. The number of rotatable bonds is 8. The van der Waals surface area contributed by atoms with Gasteiger partial charge in [-0.25, -0.2) is 4.79 Å². The van der Waals surface area contributed by atoms with Crippen LogP contribution in [0.2, 0.25) is 0 Å². The van der Waals surface area contributed by atoms with Gasteiger partial charge in [0, 0.05) is 30.6 Å². The van der Waals surface area contributed by atoms with Crippen LogP contribution >= 0.6 is 0 Å². The number of carbonyl (C=O) groups excluding carboxylic acids is 4. The zero-order valence-corrected chi connectivity index (χ0v) is 16.7. The number of anilines is 1. The van der Waals surface area contributed by atoms with E-state index in [2.05, 4.69) is 10.6 Å². The molecule has 0 bridgehead atoms. The first kappa shape index (κ1) is 21.8. The molecule has 0 saturated carbocycles. The molecule has 2 rings (SSSR count). The fraction of sp³-hybridized carbons (Fsp3) is 0.273. The van der Waals surface area contributed by atoms with Crippen molar-refractivity contribution >= 4 is 29.3 Å².